The Morgan fingerprint density at radius 2 is 2.07 bits per heavy atom. The summed E-state index contributed by atoms with van der Waals surface area (Å²) < 4.78 is 34.3. The Morgan fingerprint density at radius 1 is 1.32 bits per heavy atom. The van der Waals surface area contributed by atoms with E-state index in [-0.39, 0.29) is 19.0 Å². The van der Waals surface area contributed by atoms with Crippen molar-refractivity contribution in [1.29, 1.82) is 0 Å². The third-order valence-electron chi connectivity index (χ3n) is 4.88. The van der Waals surface area contributed by atoms with Crippen LogP contribution in [0.2, 0.25) is 0 Å². The van der Waals surface area contributed by atoms with Gasteiger partial charge < -0.3 is 25.1 Å². The molecule has 9 nitrogen and oxygen atoms in total. The molecule has 154 valence electrons. The van der Waals surface area contributed by atoms with Gasteiger partial charge in [0.2, 0.25) is 5.69 Å². The number of ether oxygens (including phenoxy) is 3. The summed E-state index contributed by atoms with van der Waals surface area (Å²) >= 11 is 1.49. The highest BCUT2D eigenvalue weighted by Gasteiger charge is 2.65. The summed E-state index contributed by atoms with van der Waals surface area (Å²) in [7, 11) is 0. The van der Waals surface area contributed by atoms with Gasteiger partial charge in [0.25, 0.3) is 0 Å². The number of nitrogens with zero attached hydrogens (tertiary/aromatic N) is 4. The van der Waals surface area contributed by atoms with E-state index in [1.165, 1.54) is 16.5 Å². The minimum Gasteiger partial charge on any atom is -0.394 e. The summed E-state index contributed by atoms with van der Waals surface area (Å²) in [5, 5.41) is 14.0. The molecule has 28 heavy (non-hydrogen) atoms. The maximum atomic E-state index is 15.4. The Bertz CT molecular complexity index is 795. The van der Waals surface area contributed by atoms with E-state index in [0.717, 1.165) is 12.2 Å². The fourth-order valence-electron chi connectivity index (χ4n) is 3.81. The number of aliphatic hydroxyl groups is 1. The molecule has 2 fully saturated rings. The molecule has 1 aromatic heterocycles. The Hall–Kier alpha value is -1.40. The summed E-state index contributed by atoms with van der Waals surface area (Å²) in [6.07, 6.45) is -2.52. The predicted molar refractivity (Wildman–Crippen MR) is 98.8 cm³/mol. The van der Waals surface area contributed by atoms with E-state index in [1.54, 1.807) is 13.8 Å². The van der Waals surface area contributed by atoms with Crippen LogP contribution in [0.25, 0.3) is 0 Å². The molecule has 2 aliphatic heterocycles. The molecule has 0 amide bonds. The molecular weight excluding hydrogens is 389 g/mol. The number of anilines is 1. The smallest absolute Gasteiger partial charge is 0.380 e. The van der Waals surface area contributed by atoms with Crippen LogP contribution in [0.5, 0.6) is 0 Å². The first-order valence-electron chi connectivity index (χ1n) is 9.39. The van der Waals surface area contributed by atoms with Crippen molar-refractivity contribution >= 4 is 29.1 Å². The van der Waals surface area contributed by atoms with Crippen molar-refractivity contribution < 1.29 is 28.4 Å². The Kier molecular flexibility index (Phi) is 5.29. The Balaban J connectivity index is 1.63. The fourth-order valence-corrected chi connectivity index (χ4v) is 4.51. The molecule has 0 bridgehead atoms. The number of thioether (sulfide) groups is 1. The van der Waals surface area contributed by atoms with Crippen molar-refractivity contribution in [3.63, 3.8) is 0 Å². The lowest BCUT2D eigenvalue weighted by Crippen LogP contribution is -2.43. The van der Waals surface area contributed by atoms with Crippen LogP contribution < -0.4 is 5.73 Å². The van der Waals surface area contributed by atoms with Crippen LogP contribution in [0.15, 0.2) is 10.3 Å². The quantitative estimate of drug-likeness (QED) is 0.395. The van der Waals surface area contributed by atoms with Gasteiger partial charge >= 0.3 is 11.0 Å². The van der Waals surface area contributed by atoms with E-state index < -0.39 is 36.3 Å². The van der Waals surface area contributed by atoms with E-state index in [9.17, 15) is 0 Å². The second-order valence-corrected chi connectivity index (χ2v) is 8.48. The van der Waals surface area contributed by atoms with E-state index in [0.29, 0.717) is 16.7 Å². The SMILES string of the molecule is CCCSc1nc(N)c2c(n1)[N+](C1C(F)C(OCCO)C3OC(C)(C)OC31)=N2. The zero-order valence-electron chi connectivity index (χ0n) is 16.0. The number of nitrogens with two attached hydrogens (primary N) is 1. The normalized spacial score (nSPS) is 32.6. The van der Waals surface area contributed by atoms with E-state index >= 15 is 4.39 Å². The maximum absolute atomic E-state index is 15.4. The van der Waals surface area contributed by atoms with Gasteiger partial charge in [-0.1, -0.05) is 23.8 Å². The van der Waals surface area contributed by atoms with Gasteiger partial charge in [-0.15, -0.1) is 4.70 Å². The zero-order chi connectivity index (χ0) is 20.1. The first kappa shape index (κ1) is 19.9. The number of hydrogen-bond donors (Lipinski definition) is 2. The van der Waals surface area contributed by atoms with Crippen LogP contribution in [0.4, 0.5) is 21.7 Å². The minimum atomic E-state index is -1.43. The summed E-state index contributed by atoms with van der Waals surface area (Å²) in [6, 6.07) is -0.763. The van der Waals surface area contributed by atoms with Crippen molar-refractivity contribution in [2.45, 2.75) is 68.7 Å². The van der Waals surface area contributed by atoms with Crippen LogP contribution in [0, 0.1) is 0 Å². The van der Waals surface area contributed by atoms with Crippen molar-refractivity contribution in [2.24, 2.45) is 5.11 Å². The number of azo groups is 2. The lowest BCUT2D eigenvalue weighted by molar-refractivity contribution is -0.582. The monoisotopic (exact) mass is 414 g/mol. The van der Waals surface area contributed by atoms with Gasteiger partial charge in [-0.2, -0.15) is 4.98 Å². The van der Waals surface area contributed by atoms with Gasteiger partial charge in [-0.25, -0.2) is 4.39 Å². The average molecular weight is 414 g/mol. The molecule has 3 aliphatic rings. The number of aromatic nitrogens is 2. The number of nitrogen functional groups attached to an aromatic ring is 1. The second-order valence-electron chi connectivity index (χ2n) is 7.42. The standard InChI is InChI=1S/C17H24FN5O4S/c1-4-7-28-16-20-14(19)9-15(21-16)23(22-9)10-8(18)11(25-6-5-24)13-12(10)26-17(2,3)27-13/h8,10-13,19,24H,4-7H2,1-3H3/p+1. The van der Waals surface area contributed by atoms with Crippen LogP contribution in [-0.4, -0.2) is 75.1 Å². The number of fused-ring (bicyclic) bond motifs is 2. The van der Waals surface area contributed by atoms with Gasteiger partial charge in [-0.3, -0.25) is 0 Å². The van der Waals surface area contributed by atoms with Crippen LogP contribution in [0.3, 0.4) is 0 Å². The molecule has 1 aliphatic carbocycles. The highest BCUT2D eigenvalue weighted by atomic mass is 32.2. The first-order chi connectivity index (χ1) is 13.4. The zero-order valence-corrected chi connectivity index (χ0v) is 16.9. The fraction of sp³-hybridized carbons (Fsp3) is 0.765. The van der Waals surface area contributed by atoms with Crippen LogP contribution in [0.1, 0.15) is 27.2 Å². The van der Waals surface area contributed by atoms with Crippen molar-refractivity contribution in [2.75, 3.05) is 24.7 Å². The Morgan fingerprint density at radius 3 is 2.79 bits per heavy atom. The molecule has 1 saturated carbocycles. The largest absolute Gasteiger partial charge is 0.394 e. The third kappa shape index (κ3) is 3.28. The van der Waals surface area contributed by atoms with E-state index in [2.05, 4.69) is 22.0 Å². The molecule has 1 aromatic rings. The van der Waals surface area contributed by atoms with Gasteiger partial charge in [0.15, 0.2) is 23.8 Å². The molecule has 3 N–H and O–H groups in total. The molecule has 0 spiro atoms. The molecule has 0 aromatic carbocycles. The molecular formula is C17H25FN5O4S+. The number of alkyl halides is 1. The lowest BCUT2D eigenvalue weighted by Gasteiger charge is -2.26. The van der Waals surface area contributed by atoms with Crippen LogP contribution in [-0.2, 0) is 14.2 Å². The minimum absolute atomic E-state index is 0.0193. The molecule has 5 atom stereocenters. The molecule has 3 heterocycles. The number of hydrogen-bond acceptors (Lipinski definition) is 9. The number of halogens is 1. The van der Waals surface area contributed by atoms with Crippen molar-refractivity contribution in [1.82, 2.24) is 9.97 Å². The molecule has 11 heteroatoms. The molecule has 1 saturated heterocycles. The molecule has 4 rings (SSSR count). The molecule has 0 radical (unpaired) electrons. The summed E-state index contributed by atoms with van der Waals surface area (Å²) in [5.74, 6) is 0.766. The predicted octanol–water partition coefficient (Wildman–Crippen LogP) is 1.92. The van der Waals surface area contributed by atoms with E-state index in [1.807, 2.05) is 0 Å². The highest BCUT2D eigenvalue weighted by Crippen LogP contribution is 2.49. The average Bonchev–Trinajstić information content (AvgIpc) is 3.05. The van der Waals surface area contributed by atoms with E-state index in [4.69, 9.17) is 25.1 Å². The number of aliphatic hydroxyl groups excluding tert-OH is 1. The highest BCUT2D eigenvalue weighted by molar-refractivity contribution is 7.99. The van der Waals surface area contributed by atoms with Gasteiger partial charge in [0, 0.05) is 5.75 Å². The topological polar surface area (TPSA) is 115 Å². The number of rotatable bonds is 7. The van der Waals surface area contributed by atoms with Gasteiger partial charge in [0.05, 0.1) is 13.2 Å². The van der Waals surface area contributed by atoms with Crippen molar-refractivity contribution in [3.05, 3.63) is 0 Å². The maximum Gasteiger partial charge on any atom is 0.380 e. The summed E-state index contributed by atoms with van der Waals surface area (Å²) in [4.78, 5) is 8.77. The van der Waals surface area contributed by atoms with Crippen molar-refractivity contribution in [3.8, 4) is 0 Å². The summed E-state index contributed by atoms with van der Waals surface area (Å²) in [5.41, 5.74) is 6.46. The molecule has 5 unspecified atom stereocenters. The lowest BCUT2D eigenvalue weighted by atomic mass is 10.1. The van der Waals surface area contributed by atoms with Gasteiger partial charge in [-0.05, 0) is 25.3 Å². The van der Waals surface area contributed by atoms with Gasteiger partial charge in [0.1, 0.15) is 18.3 Å². The Labute approximate surface area is 166 Å². The second kappa shape index (κ2) is 7.45. The van der Waals surface area contributed by atoms with Crippen LogP contribution >= 0.6 is 11.8 Å². The third-order valence-corrected chi connectivity index (χ3v) is 5.93. The summed E-state index contributed by atoms with van der Waals surface area (Å²) in [6.45, 7) is 5.44. The first-order valence-corrected chi connectivity index (χ1v) is 10.4.